The fourth-order valence-corrected chi connectivity index (χ4v) is 2.88. The normalized spacial score (nSPS) is 11.0. The summed E-state index contributed by atoms with van der Waals surface area (Å²) in [5, 5.41) is 5.19. The van der Waals surface area contributed by atoms with E-state index < -0.39 is 0 Å². The summed E-state index contributed by atoms with van der Waals surface area (Å²) in [5.41, 5.74) is 1.87. The van der Waals surface area contributed by atoms with Crippen molar-refractivity contribution in [1.29, 1.82) is 0 Å². The molecule has 0 fully saturated rings. The van der Waals surface area contributed by atoms with Crippen LogP contribution in [-0.2, 0) is 4.79 Å². The lowest BCUT2D eigenvalue weighted by molar-refractivity contribution is -0.111. The molecule has 23 heavy (non-hydrogen) atoms. The smallest absolute Gasteiger partial charge is 0.250 e. The van der Waals surface area contributed by atoms with E-state index in [1.807, 2.05) is 48.7 Å². The number of benzene rings is 1. The van der Waals surface area contributed by atoms with Crippen molar-refractivity contribution >= 4 is 44.4 Å². The van der Waals surface area contributed by atoms with Crippen molar-refractivity contribution in [1.82, 2.24) is 4.98 Å². The Bertz CT molecular complexity index is 850. The maximum absolute atomic E-state index is 11.8. The number of nitrogens with one attached hydrogen (secondary N) is 1. The van der Waals surface area contributed by atoms with Crippen molar-refractivity contribution in [2.45, 2.75) is 6.92 Å². The minimum absolute atomic E-state index is 0.235. The highest BCUT2D eigenvalue weighted by Gasteiger charge is 2.05. The first-order valence-electron chi connectivity index (χ1n) is 6.87. The standard InChI is InChI=1S/C17H13BrN2O2S/c1-11-10-23-17(19-11)20-16(21)9-7-14-6-8-15(22-14)12-2-4-13(18)5-3-12/h2-10H,1H3,(H,19,20,21). The van der Waals surface area contributed by atoms with E-state index in [1.165, 1.54) is 17.4 Å². The van der Waals surface area contributed by atoms with Gasteiger partial charge in [-0.3, -0.25) is 10.1 Å². The van der Waals surface area contributed by atoms with Gasteiger partial charge in [-0.25, -0.2) is 4.98 Å². The number of rotatable bonds is 4. The first-order chi connectivity index (χ1) is 11.1. The molecule has 2 aromatic heterocycles. The molecule has 0 unspecified atom stereocenters. The number of hydrogen-bond acceptors (Lipinski definition) is 4. The Hall–Kier alpha value is -2.18. The topological polar surface area (TPSA) is 55.1 Å². The molecule has 3 rings (SSSR count). The quantitative estimate of drug-likeness (QED) is 0.630. The third kappa shape index (κ3) is 4.18. The largest absolute Gasteiger partial charge is 0.457 e. The zero-order valence-electron chi connectivity index (χ0n) is 12.2. The monoisotopic (exact) mass is 388 g/mol. The van der Waals surface area contributed by atoms with Crippen LogP contribution in [0.15, 0.2) is 56.7 Å². The molecule has 0 aliphatic heterocycles. The maximum atomic E-state index is 11.8. The SMILES string of the molecule is Cc1csc(NC(=O)C=Cc2ccc(-c3ccc(Br)cc3)o2)n1. The van der Waals surface area contributed by atoms with Crippen LogP contribution in [0.2, 0.25) is 0 Å². The van der Waals surface area contributed by atoms with E-state index in [0.29, 0.717) is 10.9 Å². The molecule has 0 saturated carbocycles. The summed E-state index contributed by atoms with van der Waals surface area (Å²) in [4.78, 5) is 16.0. The van der Waals surface area contributed by atoms with Crippen molar-refractivity contribution in [3.05, 3.63) is 63.8 Å². The fourth-order valence-electron chi connectivity index (χ4n) is 1.93. The van der Waals surface area contributed by atoms with Crippen LogP contribution >= 0.6 is 27.3 Å². The zero-order valence-corrected chi connectivity index (χ0v) is 14.6. The predicted octanol–water partition coefficient (Wildman–Crippen LogP) is 5.13. The lowest BCUT2D eigenvalue weighted by atomic mass is 10.2. The number of aryl methyl sites for hydroxylation is 1. The minimum Gasteiger partial charge on any atom is -0.457 e. The van der Waals surface area contributed by atoms with Crippen molar-refractivity contribution in [2.75, 3.05) is 5.32 Å². The van der Waals surface area contributed by atoms with Gasteiger partial charge in [0.2, 0.25) is 5.91 Å². The Morgan fingerprint density at radius 2 is 2.04 bits per heavy atom. The summed E-state index contributed by atoms with van der Waals surface area (Å²) < 4.78 is 6.73. The van der Waals surface area contributed by atoms with Gasteiger partial charge >= 0.3 is 0 Å². The van der Waals surface area contributed by atoms with Gasteiger partial charge in [-0.2, -0.15) is 0 Å². The van der Waals surface area contributed by atoms with Crippen LogP contribution in [0.1, 0.15) is 11.5 Å². The molecular weight excluding hydrogens is 376 g/mol. The molecule has 4 nitrogen and oxygen atoms in total. The third-order valence-corrected chi connectivity index (χ3v) is 4.41. The van der Waals surface area contributed by atoms with Crippen LogP contribution in [0.5, 0.6) is 0 Å². The van der Waals surface area contributed by atoms with Crippen molar-refractivity contribution in [3.8, 4) is 11.3 Å². The van der Waals surface area contributed by atoms with Gasteiger partial charge in [-0.05, 0) is 37.3 Å². The second kappa shape index (κ2) is 6.93. The number of carbonyl (C=O) groups is 1. The second-order valence-corrected chi connectivity index (χ2v) is 6.60. The molecule has 0 aliphatic rings. The van der Waals surface area contributed by atoms with E-state index in [4.69, 9.17) is 4.42 Å². The average Bonchev–Trinajstić information content (AvgIpc) is 3.15. The number of aromatic nitrogens is 1. The van der Waals surface area contributed by atoms with Crippen LogP contribution in [-0.4, -0.2) is 10.9 Å². The summed E-state index contributed by atoms with van der Waals surface area (Å²) in [5.74, 6) is 1.14. The van der Waals surface area contributed by atoms with Gasteiger partial charge in [0.1, 0.15) is 11.5 Å². The first kappa shape index (κ1) is 15.7. The number of amides is 1. The summed E-state index contributed by atoms with van der Waals surface area (Å²) in [6.45, 7) is 1.88. The van der Waals surface area contributed by atoms with Gasteiger partial charge in [0.05, 0.1) is 5.69 Å². The lowest BCUT2D eigenvalue weighted by Crippen LogP contribution is -2.07. The highest BCUT2D eigenvalue weighted by molar-refractivity contribution is 9.10. The highest BCUT2D eigenvalue weighted by atomic mass is 79.9. The minimum atomic E-state index is -0.235. The molecule has 6 heteroatoms. The number of nitrogens with zero attached hydrogens (tertiary/aromatic N) is 1. The summed E-state index contributed by atoms with van der Waals surface area (Å²) in [6, 6.07) is 11.6. The summed E-state index contributed by atoms with van der Waals surface area (Å²) in [7, 11) is 0. The highest BCUT2D eigenvalue weighted by Crippen LogP contribution is 2.24. The van der Waals surface area contributed by atoms with E-state index in [0.717, 1.165) is 21.5 Å². The van der Waals surface area contributed by atoms with Gasteiger partial charge in [-0.15, -0.1) is 11.3 Å². The van der Waals surface area contributed by atoms with Crippen LogP contribution in [0, 0.1) is 6.92 Å². The van der Waals surface area contributed by atoms with Crippen molar-refractivity contribution in [3.63, 3.8) is 0 Å². The van der Waals surface area contributed by atoms with E-state index in [9.17, 15) is 4.79 Å². The molecule has 1 amide bonds. The lowest BCUT2D eigenvalue weighted by Gasteiger charge is -1.97. The average molecular weight is 389 g/mol. The molecule has 1 aromatic carbocycles. The Morgan fingerprint density at radius 1 is 1.26 bits per heavy atom. The second-order valence-electron chi connectivity index (χ2n) is 4.83. The Kier molecular flexibility index (Phi) is 4.73. The molecule has 1 N–H and O–H groups in total. The van der Waals surface area contributed by atoms with Gasteiger partial charge in [0.25, 0.3) is 0 Å². The van der Waals surface area contributed by atoms with Crippen molar-refractivity contribution < 1.29 is 9.21 Å². The molecule has 0 saturated heterocycles. The molecule has 116 valence electrons. The van der Waals surface area contributed by atoms with E-state index in [2.05, 4.69) is 26.2 Å². The van der Waals surface area contributed by atoms with Gasteiger partial charge < -0.3 is 4.42 Å². The molecule has 0 aliphatic carbocycles. The molecule has 0 radical (unpaired) electrons. The van der Waals surface area contributed by atoms with Gasteiger partial charge in [0, 0.05) is 21.5 Å². The van der Waals surface area contributed by atoms with E-state index in [-0.39, 0.29) is 5.91 Å². The number of carbonyl (C=O) groups excluding carboxylic acids is 1. The number of anilines is 1. The maximum Gasteiger partial charge on any atom is 0.250 e. The van der Waals surface area contributed by atoms with E-state index >= 15 is 0 Å². The number of hydrogen-bond donors (Lipinski definition) is 1. The van der Waals surface area contributed by atoms with Gasteiger partial charge in [0.15, 0.2) is 5.13 Å². The summed E-state index contributed by atoms with van der Waals surface area (Å²) in [6.07, 6.45) is 3.07. The van der Waals surface area contributed by atoms with Crippen LogP contribution in [0.25, 0.3) is 17.4 Å². The summed E-state index contributed by atoms with van der Waals surface area (Å²) >= 11 is 4.80. The fraction of sp³-hybridized carbons (Fsp3) is 0.0588. The third-order valence-electron chi connectivity index (χ3n) is 3.00. The zero-order chi connectivity index (χ0) is 16.2. The predicted molar refractivity (Wildman–Crippen MR) is 96.4 cm³/mol. The number of halogens is 1. The first-order valence-corrected chi connectivity index (χ1v) is 8.54. The molecule has 2 heterocycles. The molecular formula is C17H13BrN2O2S. The van der Waals surface area contributed by atoms with Crippen LogP contribution < -0.4 is 5.32 Å². The Morgan fingerprint density at radius 3 is 2.74 bits per heavy atom. The molecule has 0 bridgehead atoms. The Labute approximate surface area is 146 Å². The van der Waals surface area contributed by atoms with Crippen LogP contribution in [0.3, 0.4) is 0 Å². The Balaban J connectivity index is 1.66. The van der Waals surface area contributed by atoms with E-state index in [1.54, 1.807) is 6.08 Å². The molecule has 0 atom stereocenters. The molecule has 0 spiro atoms. The van der Waals surface area contributed by atoms with Gasteiger partial charge in [-0.1, -0.05) is 28.1 Å². The van der Waals surface area contributed by atoms with Crippen molar-refractivity contribution in [2.24, 2.45) is 0 Å². The molecule has 3 aromatic rings. The number of thiazole rings is 1. The number of furan rings is 1. The van der Waals surface area contributed by atoms with Crippen LogP contribution in [0.4, 0.5) is 5.13 Å².